The molecule has 0 radical (unpaired) electrons. The van der Waals surface area contributed by atoms with Crippen molar-refractivity contribution in [1.82, 2.24) is 14.8 Å². The summed E-state index contributed by atoms with van der Waals surface area (Å²) in [4.78, 5) is 13.6. The molecule has 2 N–H and O–H groups in total. The number of carboxylic acids is 1. The first-order valence-corrected chi connectivity index (χ1v) is 8.28. The fourth-order valence-corrected chi connectivity index (χ4v) is 3.31. The molecule has 0 spiro atoms. The van der Waals surface area contributed by atoms with Crippen molar-refractivity contribution in [3.05, 3.63) is 35.0 Å². The molecule has 124 valence electrons. The van der Waals surface area contributed by atoms with Crippen LogP contribution in [-0.4, -0.2) is 53.3 Å². The zero-order valence-corrected chi connectivity index (χ0v) is 13.9. The van der Waals surface area contributed by atoms with Crippen LogP contribution in [0.2, 0.25) is 0 Å². The van der Waals surface area contributed by atoms with E-state index in [-0.39, 0.29) is 6.54 Å². The Balaban J connectivity index is 1.88. The van der Waals surface area contributed by atoms with Crippen molar-refractivity contribution >= 4 is 16.9 Å². The van der Waals surface area contributed by atoms with E-state index in [0.29, 0.717) is 0 Å². The van der Waals surface area contributed by atoms with Crippen LogP contribution in [0.1, 0.15) is 16.7 Å². The highest BCUT2D eigenvalue weighted by Crippen LogP contribution is 2.25. The minimum atomic E-state index is -0.797. The largest absolute Gasteiger partial charge is 0.480 e. The minimum absolute atomic E-state index is 0.0205. The lowest BCUT2D eigenvalue weighted by Crippen LogP contribution is -2.44. The van der Waals surface area contributed by atoms with Crippen molar-refractivity contribution in [1.29, 1.82) is 0 Å². The highest BCUT2D eigenvalue weighted by atomic mass is 16.4. The molecule has 1 aliphatic rings. The van der Waals surface area contributed by atoms with Crippen LogP contribution in [0, 0.1) is 13.8 Å². The number of aromatic nitrogens is 1. The zero-order chi connectivity index (χ0) is 16.4. The summed E-state index contributed by atoms with van der Waals surface area (Å²) in [5.41, 5.74) is 4.75. The molecule has 0 unspecified atom stereocenters. The first kappa shape index (κ1) is 16.0. The maximum Gasteiger partial charge on any atom is 0.323 e. The van der Waals surface area contributed by atoms with Gasteiger partial charge in [-0.1, -0.05) is 0 Å². The summed E-state index contributed by atoms with van der Waals surface area (Å²) in [6.45, 7) is 9.53. The summed E-state index contributed by atoms with van der Waals surface area (Å²) in [7, 11) is 0. The summed E-state index contributed by atoms with van der Waals surface area (Å²) in [5.74, 6) is -0.797. The predicted molar refractivity (Wildman–Crippen MR) is 92.1 cm³/mol. The van der Waals surface area contributed by atoms with E-state index in [0.717, 1.165) is 44.7 Å². The molecule has 5 nitrogen and oxygen atoms in total. The van der Waals surface area contributed by atoms with Gasteiger partial charge in [-0.15, -0.1) is 0 Å². The maximum absolute atomic E-state index is 11.1. The number of carboxylic acid groups (broad SMARTS) is 1. The summed E-state index contributed by atoms with van der Waals surface area (Å²) < 4.78 is 1.87. The van der Waals surface area contributed by atoms with Crippen molar-refractivity contribution in [2.24, 2.45) is 0 Å². The van der Waals surface area contributed by atoms with Gasteiger partial charge in [0.1, 0.15) is 6.54 Å². The summed E-state index contributed by atoms with van der Waals surface area (Å²) in [6, 6.07) is 4.32. The third-order valence-electron chi connectivity index (χ3n) is 4.79. The Morgan fingerprint density at radius 1 is 1.22 bits per heavy atom. The van der Waals surface area contributed by atoms with Crippen molar-refractivity contribution in [2.45, 2.75) is 26.8 Å². The van der Waals surface area contributed by atoms with Crippen LogP contribution in [0.25, 0.3) is 10.9 Å². The van der Waals surface area contributed by atoms with Crippen LogP contribution < -0.4 is 5.32 Å². The summed E-state index contributed by atoms with van der Waals surface area (Å²) in [5, 5.41) is 13.7. The molecule has 2 aromatic rings. The summed E-state index contributed by atoms with van der Waals surface area (Å²) >= 11 is 0. The van der Waals surface area contributed by atoms with Gasteiger partial charge in [0.2, 0.25) is 0 Å². The SMILES string of the molecule is Cc1cc2c(CCN3CCNCC3)cn(CC(=O)O)c2cc1C. The van der Waals surface area contributed by atoms with Gasteiger partial charge in [-0.25, -0.2) is 0 Å². The molecule has 5 heteroatoms. The molecule has 3 rings (SSSR count). The fourth-order valence-electron chi connectivity index (χ4n) is 3.31. The van der Waals surface area contributed by atoms with E-state index in [1.54, 1.807) is 0 Å². The van der Waals surface area contributed by atoms with Gasteiger partial charge in [-0.3, -0.25) is 4.79 Å². The highest BCUT2D eigenvalue weighted by molar-refractivity contribution is 5.86. The molecule has 1 aromatic heterocycles. The van der Waals surface area contributed by atoms with E-state index in [9.17, 15) is 4.79 Å². The number of nitrogens with zero attached hydrogens (tertiary/aromatic N) is 2. The molecule has 0 bridgehead atoms. The third-order valence-corrected chi connectivity index (χ3v) is 4.79. The molecule has 0 aliphatic carbocycles. The highest BCUT2D eigenvalue weighted by Gasteiger charge is 2.14. The topological polar surface area (TPSA) is 57.5 Å². The Morgan fingerprint density at radius 2 is 1.91 bits per heavy atom. The lowest BCUT2D eigenvalue weighted by molar-refractivity contribution is -0.137. The fraction of sp³-hybridized carbons (Fsp3) is 0.500. The number of aryl methyl sites for hydroxylation is 2. The van der Waals surface area contributed by atoms with Crippen LogP contribution in [0.15, 0.2) is 18.3 Å². The van der Waals surface area contributed by atoms with E-state index in [1.165, 1.54) is 22.1 Å². The van der Waals surface area contributed by atoms with Gasteiger partial charge in [0.05, 0.1) is 0 Å². The summed E-state index contributed by atoms with van der Waals surface area (Å²) in [6.07, 6.45) is 2.99. The van der Waals surface area contributed by atoms with Crippen LogP contribution in [-0.2, 0) is 17.8 Å². The molecule has 0 atom stereocenters. The van der Waals surface area contributed by atoms with E-state index in [2.05, 4.69) is 36.2 Å². The molecule has 2 heterocycles. The average Bonchev–Trinajstić information content (AvgIpc) is 2.83. The van der Waals surface area contributed by atoms with E-state index in [1.807, 2.05) is 10.8 Å². The van der Waals surface area contributed by atoms with E-state index >= 15 is 0 Å². The van der Waals surface area contributed by atoms with Crippen LogP contribution in [0.5, 0.6) is 0 Å². The van der Waals surface area contributed by atoms with Gasteiger partial charge in [0.25, 0.3) is 0 Å². The Bertz CT molecular complexity index is 715. The third kappa shape index (κ3) is 3.57. The Hall–Kier alpha value is -1.85. The van der Waals surface area contributed by atoms with Crippen LogP contribution in [0.3, 0.4) is 0 Å². The number of carbonyl (C=O) groups is 1. The molecule has 0 amide bonds. The van der Waals surface area contributed by atoms with Gasteiger partial charge < -0.3 is 19.9 Å². The standard InChI is InChI=1S/C18H25N3O2/c1-13-9-16-15(3-6-20-7-4-19-5-8-20)11-21(12-18(22)23)17(16)10-14(13)2/h9-11,19H,3-8,12H2,1-2H3,(H,22,23). The lowest BCUT2D eigenvalue weighted by Gasteiger charge is -2.26. The molecule has 1 fully saturated rings. The Labute approximate surface area is 136 Å². The van der Waals surface area contributed by atoms with Gasteiger partial charge in [-0.2, -0.15) is 0 Å². The zero-order valence-electron chi connectivity index (χ0n) is 13.9. The van der Waals surface area contributed by atoms with Gasteiger partial charge in [-0.05, 0) is 49.1 Å². The number of hydrogen-bond donors (Lipinski definition) is 2. The number of aliphatic carboxylic acids is 1. The maximum atomic E-state index is 11.1. The quantitative estimate of drug-likeness (QED) is 0.883. The van der Waals surface area contributed by atoms with Crippen molar-refractivity contribution < 1.29 is 9.90 Å². The number of fused-ring (bicyclic) bond motifs is 1. The van der Waals surface area contributed by atoms with Gasteiger partial charge in [0.15, 0.2) is 0 Å². The second kappa shape index (κ2) is 6.72. The first-order chi connectivity index (χ1) is 11.0. The second-order valence-corrected chi connectivity index (χ2v) is 6.47. The van der Waals surface area contributed by atoms with Gasteiger partial charge in [0, 0.05) is 49.8 Å². The van der Waals surface area contributed by atoms with E-state index in [4.69, 9.17) is 5.11 Å². The Morgan fingerprint density at radius 3 is 2.61 bits per heavy atom. The van der Waals surface area contributed by atoms with E-state index < -0.39 is 5.97 Å². The number of piperazine rings is 1. The molecule has 1 saturated heterocycles. The van der Waals surface area contributed by atoms with Crippen molar-refractivity contribution in [2.75, 3.05) is 32.7 Å². The second-order valence-electron chi connectivity index (χ2n) is 6.47. The average molecular weight is 315 g/mol. The molecule has 23 heavy (non-hydrogen) atoms. The number of hydrogen-bond acceptors (Lipinski definition) is 3. The molecule has 1 aromatic carbocycles. The first-order valence-electron chi connectivity index (χ1n) is 8.28. The van der Waals surface area contributed by atoms with Crippen LogP contribution >= 0.6 is 0 Å². The lowest BCUT2D eigenvalue weighted by atomic mass is 10.0. The molecular weight excluding hydrogens is 290 g/mol. The van der Waals surface area contributed by atoms with Crippen molar-refractivity contribution in [3.8, 4) is 0 Å². The molecule has 0 saturated carbocycles. The predicted octanol–water partition coefficient (Wildman–Crippen LogP) is 1.79. The Kier molecular flexibility index (Phi) is 4.68. The molecular formula is C18H25N3O2. The van der Waals surface area contributed by atoms with Gasteiger partial charge >= 0.3 is 5.97 Å². The monoisotopic (exact) mass is 315 g/mol. The number of rotatable bonds is 5. The number of nitrogens with one attached hydrogen (secondary N) is 1. The minimum Gasteiger partial charge on any atom is -0.480 e. The molecule has 1 aliphatic heterocycles. The smallest absolute Gasteiger partial charge is 0.323 e. The van der Waals surface area contributed by atoms with Crippen molar-refractivity contribution in [3.63, 3.8) is 0 Å². The normalized spacial score (nSPS) is 16.1. The number of benzene rings is 1. The van der Waals surface area contributed by atoms with Crippen LogP contribution in [0.4, 0.5) is 0 Å².